The maximum absolute atomic E-state index is 11.7. The van der Waals surface area contributed by atoms with Gasteiger partial charge in [0.2, 0.25) is 5.91 Å². The van der Waals surface area contributed by atoms with E-state index in [9.17, 15) is 4.79 Å². The minimum Gasteiger partial charge on any atom is -0.378 e. The molecule has 120 valence electrons. The molecule has 1 amide bonds. The Morgan fingerprint density at radius 3 is 2.50 bits per heavy atom. The zero-order valence-electron chi connectivity index (χ0n) is 12.9. The van der Waals surface area contributed by atoms with Crippen LogP contribution < -0.4 is 11.1 Å². The lowest BCUT2D eigenvalue weighted by molar-refractivity contribution is -0.122. The van der Waals surface area contributed by atoms with Crippen LogP contribution >= 0.6 is 12.4 Å². The standard InChI is InChI=1S/C15H30N2O2.ClH/c1-3-7-13(16)15(18)17-11-10-14(19-4-2)12-8-5-6-9-12;/h12-14H,3-11,16H2,1-2H3,(H,17,18);1H. The van der Waals surface area contributed by atoms with Crippen LogP contribution in [-0.2, 0) is 9.53 Å². The largest absolute Gasteiger partial charge is 0.378 e. The van der Waals surface area contributed by atoms with Crippen LogP contribution in [0.5, 0.6) is 0 Å². The number of halogens is 1. The fraction of sp³-hybridized carbons (Fsp3) is 0.933. The SMILES string of the molecule is CCCC(N)C(=O)NCCC(OCC)C1CCCC1.Cl. The van der Waals surface area contributed by atoms with Crippen LogP contribution in [0.25, 0.3) is 0 Å². The van der Waals surface area contributed by atoms with Crippen molar-refractivity contribution in [2.75, 3.05) is 13.2 Å². The van der Waals surface area contributed by atoms with Crippen LogP contribution in [0.15, 0.2) is 0 Å². The summed E-state index contributed by atoms with van der Waals surface area (Å²) in [6.07, 6.45) is 8.09. The summed E-state index contributed by atoms with van der Waals surface area (Å²) >= 11 is 0. The van der Waals surface area contributed by atoms with E-state index in [1.54, 1.807) is 0 Å². The molecule has 1 fully saturated rings. The van der Waals surface area contributed by atoms with E-state index in [4.69, 9.17) is 10.5 Å². The van der Waals surface area contributed by atoms with Crippen molar-refractivity contribution in [3.63, 3.8) is 0 Å². The molecule has 0 heterocycles. The molecule has 0 bridgehead atoms. The summed E-state index contributed by atoms with van der Waals surface area (Å²) < 4.78 is 5.83. The maximum atomic E-state index is 11.7. The Morgan fingerprint density at radius 2 is 1.95 bits per heavy atom. The zero-order valence-corrected chi connectivity index (χ0v) is 13.7. The van der Waals surface area contributed by atoms with E-state index >= 15 is 0 Å². The molecule has 1 aliphatic carbocycles. The lowest BCUT2D eigenvalue weighted by atomic mass is 9.98. The van der Waals surface area contributed by atoms with Gasteiger partial charge in [-0.25, -0.2) is 0 Å². The van der Waals surface area contributed by atoms with Gasteiger partial charge in [-0.05, 0) is 38.5 Å². The molecule has 0 radical (unpaired) electrons. The molecule has 0 aliphatic heterocycles. The molecule has 0 spiro atoms. The van der Waals surface area contributed by atoms with Gasteiger partial charge in [0, 0.05) is 13.2 Å². The summed E-state index contributed by atoms with van der Waals surface area (Å²) in [4.78, 5) is 11.7. The fourth-order valence-corrected chi connectivity index (χ4v) is 2.91. The van der Waals surface area contributed by atoms with Crippen molar-refractivity contribution in [1.82, 2.24) is 5.32 Å². The third kappa shape index (κ3) is 6.91. The molecule has 0 aromatic heterocycles. The number of ether oxygens (including phenoxy) is 1. The van der Waals surface area contributed by atoms with Crippen LogP contribution in [0.1, 0.15) is 58.8 Å². The highest BCUT2D eigenvalue weighted by Gasteiger charge is 2.25. The lowest BCUT2D eigenvalue weighted by Gasteiger charge is -2.23. The van der Waals surface area contributed by atoms with E-state index in [1.807, 2.05) is 13.8 Å². The van der Waals surface area contributed by atoms with Crippen molar-refractivity contribution in [1.29, 1.82) is 0 Å². The van der Waals surface area contributed by atoms with E-state index in [-0.39, 0.29) is 24.4 Å². The summed E-state index contributed by atoms with van der Waals surface area (Å²) in [5.74, 6) is 0.657. The summed E-state index contributed by atoms with van der Waals surface area (Å²) in [6, 6.07) is -0.359. The van der Waals surface area contributed by atoms with Crippen LogP contribution in [0.2, 0.25) is 0 Å². The summed E-state index contributed by atoms with van der Waals surface area (Å²) in [7, 11) is 0. The van der Waals surface area contributed by atoms with Crippen LogP contribution in [0.3, 0.4) is 0 Å². The molecule has 20 heavy (non-hydrogen) atoms. The Labute approximate surface area is 129 Å². The molecule has 0 aromatic carbocycles. The van der Waals surface area contributed by atoms with Crippen molar-refractivity contribution < 1.29 is 9.53 Å². The van der Waals surface area contributed by atoms with Crippen molar-refractivity contribution in [3.05, 3.63) is 0 Å². The van der Waals surface area contributed by atoms with Crippen molar-refractivity contribution >= 4 is 18.3 Å². The topological polar surface area (TPSA) is 64.4 Å². The highest BCUT2D eigenvalue weighted by atomic mass is 35.5. The van der Waals surface area contributed by atoms with E-state index < -0.39 is 0 Å². The second-order valence-electron chi connectivity index (χ2n) is 5.51. The van der Waals surface area contributed by atoms with Gasteiger partial charge in [0.05, 0.1) is 12.1 Å². The molecule has 4 nitrogen and oxygen atoms in total. The van der Waals surface area contributed by atoms with E-state index in [2.05, 4.69) is 5.32 Å². The van der Waals surface area contributed by atoms with Gasteiger partial charge in [0.15, 0.2) is 0 Å². The Hall–Kier alpha value is -0.320. The van der Waals surface area contributed by atoms with Gasteiger partial charge >= 0.3 is 0 Å². The van der Waals surface area contributed by atoms with Gasteiger partial charge in [-0.1, -0.05) is 26.2 Å². The molecule has 0 aromatic rings. The van der Waals surface area contributed by atoms with Crippen molar-refractivity contribution in [2.24, 2.45) is 11.7 Å². The molecule has 5 heteroatoms. The summed E-state index contributed by atoms with van der Waals surface area (Å²) in [6.45, 7) is 5.51. The first-order chi connectivity index (χ1) is 9.19. The van der Waals surface area contributed by atoms with Crippen LogP contribution in [0.4, 0.5) is 0 Å². The maximum Gasteiger partial charge on any atom is 0.236 e. The number of nitrogens with two attached hydrogens (primary N) is 1. The number of carbonyl (C=O) groups excluding carboxylic acids is 1. The second-order valence-corrected chi connectivity index (χ2v) is 5.51. The molecule has 2 unspecified atom stereocenters. The minimum absolute atomic E-state index is 0. The molecular formula is C15H31ClN2O2. The van der Waals surface area contributed by atoms with Gasteiger partial charge in [0.25, 0.3) is 0 Å². The molecule has 2 atom stereocenters. The average molecular weight is 307 g/mol. The van der Waals surface area contributed by atoms with Gasteiger partial charge < -0.3 is 15.8 Å². The van der Waals surface area contributed by atoms with Gasteiger partial charge in [0.1, 0.15) is 0 Å². The third-order valence-electron chi connectivity index (χ3n) is 3.97. The first kappa shape index (κ1) is 19.7. The third-order valence-corrected chi connectivity index (χ3v) is 3.97. The Bertz CT molecular complexity index is 258. The Kier molecular flexibility index (Phi) is 11.2. The zero-order chi connectivity index (χ0) is 14.1. The quantitative estimate of drug-likeness (QED) is 0.688. The van der Waals surface area contributed by atoms with E-state index in [0.717, 1.165) is 25.9 Å². The Morgan fingerprint density at radius 1 is 1.30 bits per heavy atom. The minimum atomic E-state index is -0.359. The van der Waals surface area contributed by atoms with E-state index in [0.29, 0.717) is 18.6 Å². The van der Waals surface area contributed by atoms with Crippen molar-refractivity contribution in [3.8, 4) is 0 Å². The molecular weight excluding hydrogens is 276 g/mol. The fourth-order valence-electron chi connectivity index (χ4n) is 2.91. The average Bonchev–Trinajstić information content (AvgIpc) is 2.91. The number of rotatable bonds is 9. The smallest absolute Gasteiger partial charge is 0.236 e. The Balaban J connectivity index is 0.00000361. The summed E-state index contributed by atoms with van der Waals surface area (Å²) in [5, 5.41) is 2.94. The predicted molar refractivity (Wildman–Crippen MR) is 85.1 cm³/mol. The molecule has 0 saturated heterocycles. The number of carbonyl (C=O) groups is 1. The van der Waals surface area contributed by atoms with Gasteiger partial charge in [-0.15, -0.1) is 12.4 Å². The number of nitrogens with one attached hydrogen (secondary N) is 1. The van der Waals surface area contributed by atoms with Gasteiger partial charge in [-0.3, -0.25) is 4.79 Å². The normalized spacial score (nSPS) is 18.4. The lowest BCUT2D eigenvalue weighted by Crippen LogP contribution is -2.41. The van der Waals surface area contributed by atoms with Crippen molar-refractivity contribution in [2.45, 2.75) is 70.9 Å². The van der Waals surface area contributed by atoms with E-state index in [1.165, 1.54) is 25.7 Å². The van der Waals surface area contributed by atoms with Crippen LogP contribution in [0, 0.1) is 5.92 Å². The first-order valence-electron chi connectivity index (χ1n) is 7.83. The molecule has 1 rings (SSSR count). The number of amides is 1. The first-order valence-corrected chi connectivity index (χ1v) is 7.83. The van der Waals surface area contributed by atoms with Gasteiger partial charge in [-0.2, -0.15) is 0 Å². The monoisotopic (exact) mass is 306 g/mol. The molecule has 1 aliphatic rings. The number of hydrogen-bond acceptors (Lipinski definition) is 3. The second kappa shape index (κ2) is 11.4. The molecule has 1 saturated carbocycles. The highest BCUT2D eigenvalue weighted by molar-refractivity contribution is 5.85. The summed E-state index contributed by atoms with van der Waals surface area (Å²) in [5.41, 5.74) is 5.78. The van der Waals surface area contributed by atoms with Crippen LogP contribution in [-0.4, -0.2) is 31.2 Å². The molecule has 3 N–H and O–H groups in total. The number of hydrogen-bond donors (Lipinski definition) is 2. The predicted octanol–water partition coefficient (Wildman–Crippen LogP) is 2.64. The highest BCUT2D eigenvalue weighted by Crippen LogP contribution is 2.30.